The van der Waals surface area contributed by atoms with Gasteiger partial charge in [-0.25, -0.2) is 14.5 Å². The van der Waals surface area contributed by atoms with Crippen molar-refractivity contribution in [2.75, 3.05) is 5.32 Å². The van der Waals surface area contributed by atoms with Crippen molar-refractivity contribution in [1.82, 2.24) is 4.98 Å². The topological polar surface area (TPSA) is 77.3 Å². The molecule has 7 heteroatoms. The maximum atomic E-state index is 11.8. The number of hydroxylamine groups is 1. The zero-order valence-electron chi connectivity index (χ0n) is 12.7. The van der Waals surface area contributed by atoms with Gasteiger partial charge in [0, 0.05) is 26.2 Å². The molecule has 0 saturated heterocycles. The summed E-state index contributed by atoms with van der Waals surface area (Å²) in [7, 11) is 0. The van der Waals surface area contributed by atoms with E-state index in [1.54, 1.807) is 26.2 Å². The maximum Gasteiger partial charge on any atom is 0.413 e. The van der Waals surface area contributed by atoms with Gasteiger partial charge in [-0.15, -0.1) is 11.3 Å². The number of thiazole rings is 1. The first-order valence-electron chi connectivity index (χ1n) is 6.24. The van der Waals surface area contributed by atoms with E-state index in [2.05, 4.69) is 10.3 Å². The summed E-state index contributed by atoms with van der Waals surface area (Å²) in [6.07, 6.45) is 0.838. The molecule has 0 aliphatic heterocycles. The van der Waals surface area contributed by atoms with Crippen LogP contribution in [0.25, 0.3) is 0 Å². The van der Waals surface area contributed by atoms with Gasteiger partial charge in [0.1, 0.15) is 11.3 Å². The Morgan fingerprint density at radius 2 is 2.00 bits per heavy atom. The molecule has 0 bridgehead atoms. The molecule has 1 amide bonds. The summed E-state index contributed by atoms with van der Waals surface area (Å²) in [4.78, 5) is 15.7. The van der Waals surface area contributed by atoms with Gasteiger partial charge in [0.2, 0.25) is 6.21 Å². The van der Waals surface area contributed by atoms with Crippen molar-refractivity contribution in [3.8, 4) is 0 Å². The number of carbonyl (C=O) groups is 1. The van der Waals surface area contributed by atoms with Gasteiger partial charge >= 0.3 is 6.09 Å². The predicted octanol–water partition coefficient (Wildman–Crippen LogP) is 3.22. The van der Waals surface area contributed by atoms with E-state index in [1.165, 1.54) is 17.6 Å². The third-order valence-electron chi connectivity index (χ3n) is 2.04. The minimum absolute atomic E-state index is 0.396. The minimum atomic E-state index is -0.562. The zero-order valence-corrected chi connectivity index (χ0v) is 13.5. The van der Waals surface area contributed by atoms with Crippen LogP contribution in [0.5, 0.6) is 0 Å². The Hall–Kier alpha value is -1.63. The highest BCUT2D eigenvalue weighted by Crippen LogP contribution is 2.16. The lowest BCUT2D eigenvalue weighted by Gasteiger charge is -2.19. The number of anilines is 1. The first-order valence-corrected chi connectivity index (χ1v) is 7.12. The lowest BCUT2D eigenvalue weighted by molar-refractivity contribution is -0.530. The van der Waals surface area contributed by atoms with Crippen molar-refractivity contribution >= 4 is 28.8 Å². The highest BCUT2D eigenvalue weighted by Gasteiger charge is 2.20. The van der Waals surface area contributed by atoms with Crippen LogP contribution in [0.1, 0.15) is 47.2 Å². The van der Waals surface area contributed by atoms with Crippen molar-refractivity contribution in [3.63, 3.8) is 0 Å². The summed E-state index contributed by atoms with van der Waals surface area (Å²) < 4.78 is 5.95. The van der Waals surface area contributed by atoms with E-state index in [9.17, 15) is 10.0 Å². The van der Waals surface area contributed by atoms with Crippen LogP contribution in [0.15, 0.2) is 5.38 Å². The van der Waals surface area contributed by atoms with E-state index >= 15 is 0 Å². The number of aromatic nitrogens is 1. The van der Waals surface area contributed by atoms with Crippen LogP contribution in [-0.4, -0.2) is 33.2 Å². The highest BCUT2D eigenvalue weighted by molar-refractivity contribution is 7.14. The van der Waals surface area contributed by atoms with Gasteiger partial charge in [0.05, 0.1) is 0 Å². The van der Waals surface area contributed by atoms with Crippen LogP contribution in [0.4, 0.5) is 9.93 Å². The Balaban J connectivity index is 2.72. The molecular formula is C13H21N3O3S. The number of carbonyl (C=O) groups excluding carboxylic acids is 1. The van der Waals surface area contributed by atoms with Crippen LogP contribution in [0, 0.1) is 5.21 Å². The van der Waals surface area contributed by atoms with E-state index < -0.39 is 17.2 Å². The molecule has 0 atom stereocenters. The smallest absolute Gasteiger partial charge is 0.413 e. The van der Waals surface area contributed by atoms with Gasteiger partial charge in [-0.3, -0.25) is 5.32 Å². The van der Waals surface area contributed by atoms with Crippen LogP contribution in [-0.2, 0) is 4.74 Å². The third kappa shape index (κ3) is 5.56. The molecule has 1 rings (SSSR count). The summed E-state index contributed by atoms with van der Waals surface area (Å²) in [6.45, 7) is 10.8. The van der Waals surface area contributed by atoms with E-state index in [4.69, 9.17) is 4.74 Å². The van der Waals surface area contributed by atoms with Crippen LogP contribution < -0.4 is 5.32 Å². The van der Waals surface area contributed by atoms with Gasteiger partial charge in [0.25, 0.3) is 0 Å². The van der Waals surface area contributed by atoms with E-state index in [-0.39, 0.29) is 0 Å². The molecule has 20 heavy (non-hydrogen) atoms. The predicted molar refractivity (Wildman–Crippen MR) is 80.5 cm³/mol. The van der Waals surface area contributed by atoms with Crippen LogP contribution >= 0.6 is 11.3 Å². The van der Waals surface area contributed by atoms with Gasteiger partial charge < -0.3 is 9.94 Å². The van der Waals surface area contributed by atoms with Gasteiger partial charge in [-0.1, -0.05) is 0 Å². The summed E-state index contributed by atoms with van der Waals surface area (Å²) in [5, 5.41) is 16.4. The lowest BCUT2D eigenvalue weighted by atomic mass is 10.1. The Morgan fingerprint density at radius 3 is 2.50 bits per heavy atom. The van der Waals surface area contributed by atoms with Crippen molar-refractivity contribution < 1.29 is 14.3 Å². The molecule has 0 aromatic carbocycles. The molecule has 0 aliphatic carbocycles. The first kappa shape index (κ1) is 16.4. The Kier molecular flexibility index (Phi) is 4.75. The number of ether oxygens (including phenoxy) is 1. The Labute approximate surface area is 123 Å². The molecule has 1 aromatic heterocycles. The molecule has 0 saturated carbocycles. The number of hydrogen-bond donors (Lipinski definition) is 1. The van der Waals surface area contributed by atoms with Crippen molar-refractivity contribution in [2.45, 2.75) is 52.7 Å². The standard InChI is InChI=1S/C13H21N3O3S/c1-12(2,3)16(18)7-9-8-20-10(14-9)15-11(17)19-13(4,5)6/h7-8H,1-6H3,(H,14,15,17)/b16-7-. The third-order valence-corrected chi connectivity index (χ3v) is 2.82. The normalized spacial score (nSPS) is 13.2. The van der Waals surface area contributed by atoms with Gasteiger partial charge in [0.15, 0.2) is 10.7 Å². The summed E-state index contributed by atoms with van der Waals surface area (Å²) in [5.41, 5.74) is -0.581. The van der Waals surface area contributed by atoms with E-state index in [0.717, 1.165) is 4.74 Å². The summed E-state index contributed by atoms with van der Waals surface area (Å²) in [6, 6.07) is 0. The fraction of sp³-hybridized carbons (Fsp3) is 0.615. The second-order valence-electron chi connectivity index (χ2n) is 6.33. The Bertz CT molecular complexity index is 510. The molecule has 1 N–H and O–H groups in total. The van der Waals surface area contributed by atoms with Gasteiger partial charge in [-0.2, -0.15) is 0 Å². The molecule has 0 radical (unpaired) electrons. The van der Waals surface area contributed by atoms with E-state index in [0.29, 0.717) is 10.8 Å². The molecule has 0 unspecified atom stereocenters. The SMILES string of the molecule is CC(C)(C)OC(=O)Nc1nc(/C=[N+](\[O-])C(C)(C)C)cs1. The molecule has 1 aromatic rings. The molecular weight excluding hydrogens is 278 g/mol. The van der Waals surface area contributed by atoms with Crippen LogP contribution in [0.2, 0.25) is 0 Å². The molecule has 0 fully saturated rings. The number of nitrogens with zero attached hydrogens (tertiary/aromatic N) is 2. The van der Waals surface area contributed by atoms with Crippen molar-refractivity contribution in [1.29, 1.82) is 0 Å². The second-order valence-corrected chi connectivity index (χ2v) is 7.19. The minimum Gasteiger partial charge on any atom is -0.623 e. The second kappa shape index (κ2) is 5.78. The lowest BCUT2D eigenvalue weighted by Crippen LogP contribution is -2.29. The van der Waals surface area contributed by atoms with E-state index in [1.807, 2.05) is 20.8 Å². The maximum absolute atomic E-state index is 11.8. The number of hydrogen-bond acceptors (Lipinski definition) is 5. The van der Waals surface area contributed by atoms with Crippen LogP contribution in [0.3, 0.4) is 0 Å². The quantitative estimate of drug-likeness (QED) is 0.393. The monoisotopic (exact) mass is 299 g/mol. The Morgan fingerprint density at radius 1 is 1.40 bits per heavy atom. The molecule has 1 heterocycles. The fourth-order valence-corrected chi connectivity index (χ4v) is 1.75. The number of nitrogens with one attached hydrogen (secondary N) is 1. The summed E-state index contributed by atoms with van der Waals surface area (Å²) in [5.74, 6) is 0. The molecule has 0 spiro atoms. The first-order chi connectivity index (χ1) is 8.97. The van der Waals surface area contributed by atoms with Crippen molar-refractivity contribution in [3.05, 3.63) is 16.3 Å². The molecule has 6 nitrogen and oxygen atoms in total. The largest absolute Gasteiger partial charge is 0.623 e. The van der Waals surface area contributed by atoms with Crippen molar-refractivity contribution in [2.24, 2.45) is 0 Å². The number of rotatable bonds is 2. The van der Waals surface area contributed by atoms with Gasteiger partial charge in [-0.05, 0) is 20.8 Å². The fourth-order valence-electron chi connectivity index (χ4n) is 1.11. The molecule has 112 valence electrons. The number of amides is 1. The average molecular weight is 299 g/mol. The highest BCUT2D eigenvalue weighted by atomic mass is 32.1. The molecule has 0 aliphatic rings. The zero-order chi connectivity index (χ0) is 15.6. The summed E-state index contributed by atoms with van der Waals surface area (Å²) >= 11 is 1.24. The average Bonchev–Trinajstić information content (AvgIpc) is 2.60.